The average Bonchev–Trinajstić information content (AvgIpc) is 3.35. The molecule has 28 heavy (non-hydrogen) atoms. The van der Waals surface area contributed by atoms with Gasteiger partial charge in [-0.25, -0.2) is 8.42 Å². The van der Waals surface area contributed by atoms with E-state index in [1.165, 1.54) is 7.11 Å². The molecule has 0 radical (unpaired) electrons. The van der Waals surface area contributed by atoms with E-state index in [-0.39, 0.29) is 23.5 Å². The van der Waals surface area contributed by atoms with Crippen molar-refractivity contribution in [2.45, 2.75) is 31.7 Å². The monoisotopic (exact) mass is 405 g/mol. The number of amides is 1. The number of fused-ring (bicyclic) bond motifs is 1. The van der Waals surface area contributed by atoms with Crippen molar-refractivity contribution in [1.82, 2.24) is 9.78 Å². The minimum atomic E-state index is -3.08. The van der Waals surface area contributed by atoms with Crippen molar-refractivity contribution in [2.75, 3.05) is 31.0 Å². The zero-order chi connectivity index (χ0) is 19.9. The summed E-state index contributed by atoms with van der Waals surface area (Å²) in [7, 11) is 0.00158. The summed E-state index contributed by atoms with van der Waals surface area (Å²) in [5, 5.41) is 7.51. The normalized spacial score (nSPS) is 20.0. The molecule has 9 heteroatoms. The molecular formula is C19H23N3O5S. The highest BCUT2D eigenvalue weighted by Crippen LogP contribution is 2.33. The Kier molecular flexibility index (Phi) is 4.78. The fraction of sp³-hybridized carbons (Fsp3) is 0.474. The molecule has 1 aliphatic heterocycles. The van der Waals surface area contributed by atoms with Crippen LogP contribution in [0.25, 0.3) is 0 Å². The molecule has 0 spiro atoms. The smallest absolute Gasteiger partial charge is 0.274 e. The van der Waals surface area contributed by atoms with E-state index in [1.807, 2.05) is 0 Å². The molecule has 1 aliphatic carbocycles. The van der Waals surface area contributed by atoms with Crippen LogP contribution < -0.4 is 14.8 Å². The lowest BCUT2D eigenvalue weighted by atomic mass is 10.1. The summed E-state index contributed by atoms with van der Waals surface area (Å²) in [5.41, 5.74) is 2.81. The van der Waals surface area contributed by atoms with Crippen LogP contribution >= 0.6 is 0 Å². The van der Waals surface area contributed by atoms with Crippen LogP contribution in [-0.4, -0.2) is 49.8 Å². The van der Waals surface area contributed by atoms with Crippen LogP contribution in [0.15, 0.2) is 18.2 Å². The number of ether oxygens (including phenoxy) is 2. The maximum Gasteiger partial charge on any atom is 0.274 e. The van der Waals surface area contributed by atoms with Crippen LogP contribution in [0.2, 0.25) is 0 Å². The van der Waals surface area contributed by atoms with Gasteiger partial charge in [0.2, 0.25) is 0 Å². The van der Waals surface area contributed by atoms with Crippen molar-refractivity contribution >= 4 is 21.4 Å². The molecule has 1 N–H and O–H groups in total. The summed E-state index contributed by atoms with van der Waals surface area (Å²) >= 11 is 0. The van der Waals surface area contributed by atoms with Crippen LogP contribution in [0.1, 0.15) is 40.6 Å². The third kappa shape index (κ3) is 3.34. The SMILES string of the molecule is COc1ccc(NC(=O)c2c3c(nn2C2CCS(=O)(=O)C2)CCC3)c(OC)c1. The first kappa shape index (κ1) is 18.8. The Morgan fingerprint density at radius 3 is 2.75 bits per heavy atom. The fourth-order valence-corrected chi connectivity index (χ4v) is 5.66. The maximum absolute atomic E-state index is 13.2. The van der Waals surface area contributed by atoms with Gasteiger partial charge in [-0.1, -0.05) is 0 Å². The number of aromatic nitrogens is 2. The number of anilines is 1. The van der Waals surface area contributed by atoms with Gasteiger partial charge in [0.25, 0.3) is 5.91 Å². The van der Waals surface area contributed by atoms with Gasteiger partial charge < -0.3 is 14.8 Å². The van der Waals surface area contributed by atoms with Crippen LogP contribution in [0.5, 0.6) is 11.5 Å². The van der Waals surface area contributed by atoms with Crippen molar-refractivity contribution in [3.63, 3.8) is 0 Å². The van der Waals surface area contributed by atoms with Crippen LogP contribution in [0.4, 0.5) is 5.69 Å². The number of methoxy groups -OCH3 is 2. The van der Waals surface area contributed by atoms with E-state index >= 15 is 0 Å². The molecule has 1 aromatic carbocycles. The van der Waals surface area contributed by atoms with E-state index in [0.717, 1.165) is 30.5 Å². The lowest BCUT2D eigenvalue weighted by Crippen LogP contribution is -2.23. The van der Waals surface area contributed by atoms with E-state index < -0.39 is 9.84 Å². The Labute approximate surface area is 163 Å². The third-order valence-corrected chi connectivity index (χ3v) is 7.11. The van der Waals surface area contributed by atoms with Crippen LogP contribution in [0.3, 0.4) is 0 Å². The van der Waals surface area contributed by atoms with Gasteiger partial charge in [0.15, 0.2) is 9.84 Å². The van der Waals surface area contributed by atoms with Crippen LogP contribution in [-0.2, 0) is 22.7 Å². The molecule has 2 aliphatic rings. The second-order valence-corrected chi connectivity index (χ2v) is 9.38. The number of hydrogen-bond acceptors (Lipinski definition) is 6. The molecule has 2 aromatic rings. The Morgan fingerprint density at radius 1 is 1.25 bits per heavy atom. The first-order chi connectivity index (χ1) is 13.4. The molecule has 1 aromatic heterocycles. The molecule has 1 atom stereocenters. The lowest BCUT2D eigenvalue weighted by molar-refractivity contribution is 0.101. The van der Waals surface area contributed by atoms with Crippen LogP contribution in [0, 0.1) is 0 Å². The number of aryl methyl sites for hydroxylation is 1. The molecule has 8 nitrogen and oxygen atoms in total. The largest absolute Gasteiger partial charge is 0.497 e. The number of hydrogen-bond donors (Lipinski definition) is 1. The van der Waals surface area contributed by atoms with Crippen molar-refractivity contribution in [2.24, 2.45) is 0 Å². The van der Waals surface area contributed by atoms with Gasteiger partial charge in [-0.2, -0.15) is 5.10 Å². The molecule has 150 valence electrons. The molecule has 4 rings (SSSR count). The minimum absolute atomic E-state index is 0.0275. The summed E-state index contributed by atoms with van der Waals surface area (Å²) < 4.78 is 36.1. The predicted octanol–water partition coefficient (Wildman–Crippen LogP) is 2.00. The number of carbonyl (C=O) groups is 1. The molecule has 0 bridgehead atoms. The second-order valence-electron chi connectivity index (χ2n) is 7.15. The highest BCUT2D eigenvalue weighted by Gasteiger charge is 2.35. The van der Waals surface area contributed by atoms with E-state index in [9.17, 15) is 13.2 Å². The first-order valence-electron chi connectivity index (χ1n) is 9.26. The average molecular weight is 405 g/mol. The first-order valence-corrected chi connectivity index (χ1v) is 11.1. The highest BCUT2D eigenvalue weighted by atomic mass is 32.2. The fourth-order valence-electron chi connectivity index (χ4n) is 3.97. The highest BCUT2D eigenvalue weighted by molar-refractivity contribution is 7.91. The van der Waals surface area contributed by atoms with Gasteiger partial charge >= 0.3 is 0 Å². The zero-order valence-electron chi connectivity index (χ0n) is 15.9. The van der Waals surface area contributed by atoms with Gasteiger partial charge in [0, 0.05) is 11.6 Å². The summed E-state index contributed by atoms with van der Waals surface area (Å²) in [4.78, 5) is 13.2. The topological polar surface area (TPSA) is 99.5 Å². The van der Waals surface area contributed by atoms with Crippen molar-refractivity contribution in [3.05, 3.63) is 35.2 Å². The summed E-state index contributed by atoms with van der Waals surface area (Å²) in [6, 6.07) is 4.86. The molecular weight excluding hydrogens is 382 g/mol. The zero-order valence-corrected chi connectivity index (χ0v) is 16.7. The summed E-state index contributed by atoms with van der Waals surface area (Å²) in [5.74, 6) is 0.967. The summed E-state index contributed by atoms with van der Waals surface area (Å²) in [6.07, 6.45) is 3.02. The molecule has 1 unspecified atom stereocenters. The second kappa shape index (κ2) is 7.12. The number of sulfone groups is 1. The Hall–Kier alpha value is -2.55. The Balaban J connectivity index is 1.68. The number of benzene rings is 1. The Bertz CT molecular complexity index is 1030. The minimum Gasteiger partial charge on any atom is -0.497 e. The van der Waals surface area contributed by atoms with E-state index in [0.29, 0.717) is 29.3 Å². The molecule has 1 fully saturated rings. The number of nitrogens with zero attached hydrogens (tertiary/aromatic N) is 2. The standard InChI is InChI=1S/C19H23N3O5S/c1-26-13-6-7-16(17(10-13)27-2)20-19(23)18-14-4-3-5-15(14)21-22(18)12-8-9-28(24,25)11-12/h6-7,10,12H,3-5,8-9,11H2,1-2H3,(H,20,23). The van der Waals surface area contributed by atoms with Gasteiger partial charge in [-0.3, -0.25) is 9.48 Å². The van der Waals surface area contributed by atoms with Gasteiger partial charge in [0.1, 0.15) is 17.2 Å². The van der Waals surface area contributed by atoms with Gasteiger partial charge in [-0.15, -0.1) is 0 Å². The van der Waals surface area contributed by atoms with E-state index in [4.69, 9.17) is 9.47 Å². The van der Waals surface area contributed by atoms with E-state index in [2.05, 4.69) is 10.4 Å². The number of nitrogens with one attached hydrogen (secondary N) is 1. The maximum atomic E-state index is 13.2. The Morgan fingerprint density at radius 2 is 2.07 bits per heavy atom. The van der Waals surface area contributed by atoms with Crippen molar-refractivity contribution in [3.8, 4) is 11.5 Å². The quantitative estimate of drug-likeness (QED) is 0.817. The number of carbonyl (C=O) groups excluding carboxylic acids is 1. The molecule has 2 heterocycles. The van der Waals surface area contributed by atoms with E-state index in [1.54, 1.807) is 30.0 Å². The molecule has 1 saturated heterocycles. The summed E-state index contributed by atoms with van der Waals surface area (Å²) in [6.45, 7) is 0. The molecule has 1 amide bonds. The third-order valence-electron chi connectivity index (χ3n) is 5.36. The lowest BCUT2D eigenvalue weighted by Gasteiger charge is -2.16. The van der Waals surface area contributed by atoms with Crippen molar-refractivity contribution < 1.29 is 22.7 Å². The molecule has 0 saturated carbocycles. The van der Waals surface area contributed by atoms with Gasteiger partial charge in [-0.05, 0) is 37.8 Å². The van der Waals surface area contributed by atoms with Gasteiger partial charge in [0.05, 0.1) is 43.1 Å². The number of rotatable bonds is 5. The predicted molar refractivity (Wildman–Crippen MR) is 104 cm³/mol. The van der Waals surface area contributed by atoms with Crippen molar-refractivity contribution in [1.29, 1.82) is 0 Å².